The number of carboxylic acid groups (broad SMARTS) is 1. The summed E-state index contributed by atoms with van der Waals surface area (Å²) in [7, 11) is 0. The topological polar surface area (TPSA) is 107 Å². The normalized spacial score (nSPS) is 14.5. The summed E-state index contributed by atoms with van der Waals surface area (Å²) in [4.78, 5) is 41.9. The molecule has 0 saturated heterocycles. The van der Waals surface area contributed by atoms with Crippen molar-refractivity contribution < 1.29 is 19.4 Å². The van der Waals surface area contributed by atoms with Gasteiger partial charge in [0.25, 0.3) is 6.17 Å². The van der Waals surface area contributed by atoms with E-state index < -0.39 is 12.1 Å². The molecule has 2 N–H and O–H groups in total. The van der Waals surface area contributed by atoms with Crippen molar-refractivity contribution in [3.63, 3.8) is 0 Å². The Balaban J connectivity index is 1.89. The lowest BCUT2D eigenvalue weighted by Crippen LogP contribution is -2.60. The molecule has 1 aromatic heterocycles. The Labute approximate surface area is 195 Å². The number of aromatic carboxylic acids is 1. The molecule has 1 aliphatic heterocycles. The maximum atomic E-state index is 13.2. The van der Waals surface area contributed by atoms with Crippen LogP contribution in [0.2, 0.25) is 0 Å². The molecule has 0 bridgehead atoms. The van der Waals surface area contributed by atoms with Gasteiger partial charge in [-0.3, -0.25) is 14.6 Å². The first-order valence-electron chi connectivity index (χ1n) is 10.8. The first kappa shape index (κ1) is 22.7. The van der Waals surface area contributed by atoms with E-state index in [1.165, 1.54) is 30.8 Å². The van der Waals surface area contributed by atoms with E-state index in [1.54, 1.807) is 33.8 Å². The molecule has 1 aliphatic rings. The number of anilines is 1. The summed E-state index contributed by atoms with van der Waals surface area (Å²) in [5, 5.41) is 14.5. The predicted octanol–water partition coefficient (Wildman–Crippen LogP) is 3.62. The van der Waals surface area contributed by atoms with Crippen LogP contribution in [0.1, 0.15) is 55.2 Å². The largest absolute Gasteiger partial charge is 0.478 e. The number of amides is 1. The van der Waals surface area contributed by atoms with Crippen molar-refractivity contribution in [3.05, 3.63) is 70.0 Å². The van der Waals surface area contributed by atoms with Crippen LogP contribution in [0.4, 0.5) is 5.69 Å². The van der Waals surface area contributed by atoms with Gasteiger partial charge in [0.05, 0.1) is 16.8 Å². The minimum absolute atomic E-state index is 0.139. The molecule has 3 aromatic rings. The molecule has 0 aliphatic carbocycles. The zero-order valence-electron chi connectivity index (χ0n) is 18.4. The van der Waals surface area contributed by atoms with E-state index in [0.717, 1.165) is 25.0 Å². The van der Waals surface area contributed by atoms with Gasteiger partial charge in [0.15, 0.2) is 0 Å². The molecule has 1 atom stereocenters. The second-order valence-electron chi connectivity index (χ2n) is 7.82. The Bertz CT molecular complexity index is 1260. The number of benzene rings is 2. The third kappa shape index (κ3) is 4.41. The van der Waals surface area contributed by atoms with Crippen LogP contribution in [0.15, 0.2) is 58.5 Å². The molecule has 0 radical (unpaired) electrons. The van der Waals surface area contributed by atoms with Gasteiger partial charge < -0.3 is 5.11 Å². The van der Waals surface area contributed by atoms with E-state index >= 15 is 0 Å². The lowest BCUT2D eigenvalue weighted by molar-refractivity contribution is -0.763. The minimum atomic E-state index is -1.03. The third-order valence-electron chi connectivity index (χ3n) is 5.54. The summed E-state index contributed by atoms with van der Waals surface area (Å²) < 4.78 is 1.58. The highest BCUT2D eigenvalue weighted by atomic mass is 32.2. The van der Waals surface area contributed by atoms with Gasteiger partial charge in [-0.25, -0.2) is 9.69 Å². The fourth-order valence-electron chi connectivity index (χ4n) is 4.00. The van der Waals surface area contributed by atoms with Crippen LogP contribution in [0.25, 0.3) is 11.3 Å². The zero-order chi connectivity index (χ0) is 23.5. The Kier molecular flexibility index (Phi) is 6.60. The quantitative estimate of drug-likeness (QED) is 0.314. The average molecular weight is 466 g/mol. The zero-order valence-corrected chi connectivity index (χ0v) is 19.3. The molecule has 170 valence electrons. The fraction of sp³-hybridized carbons (Fsp3) is 0.292. The van der Waals surface area contributed by atoms with Gasteiger partial charge in [0.2, 0.25) is 11.1 Å². The van der Waals surface area contributed by atoms with Gasteiger partial charge in [-0.2, -0.15) is 0 Å². The van der Waals surface area contributed by atoms with Crippen molar-refractivity contribution in [1.29, 1.82) is 0 Å². The number of carbonyl (C=O) groups excluding carboxylic acids is 1. The molecule has 0 spiro atoms. The summed E-state index contributed by atoms with van der Waals surface area (Å²) in [5.74, 6) is -0.430. The number of nitrogens with one attached hydrogen (secondary N) is 1. The van der Waals surface area contributed by atoms with Crippen molar-refractivity contribution in [2.75, 3.05) is 10.7 Å². The molecule has 33 heavy (non-hydrogen) atoms. The average Bonchev–Trinajstić information content (AvgIpc) is 2.80. The lowest BCUT2D eigenvalue weighted by Gasteiger charge is -2.31. The molecule has 1 amide bonds. The SMILES string of the molecule is CCCCCSc1n[n+]2c(c(=O)[nH]1)-c1ccccc1N(C(C)=O)C2c1ccc(C(=O)O)cc1. The van der Waals surface area contributed by atoms with E-state index in [9.17, 15) is 19.5 Å². The molecule has 2 heterocycles. The third-order valence-corrected chi connectivity index (χ3v) is 6.49. The summed E-state index contributed by atoms with van der Waals surface area (Å²) in [5.41, 5.74) is 2.08. The monoisotopic (exact) mass is 465 g/mol. The van der Waals surface area contributed by atoms with Crippen molar-refractivity contribution in [1.82, 2.24) is 10.1 Å². The van der Waals surface area contributed by atoms with Crippen molar-refractivity contribution >= 4 is 29.3 Å². The van der Waals surface area contributed by atoms with Crippen LogP contribution in [0.5, 0.6) is 0 Å². The molecular weight excluding hydrogens is 440 g/mol. The Morgan fingerprint density at radius 3 is 2.55 bits per heavy atom. The van der Waals surface area contributed by atoms with E-state index in [-0.39, 0.29) is 17.0 Å². The Morgan fingerprint density at radius 2 is 1.88 bits per heavy atom. The summed E-state index contributed by atoms with van der Waals surface area (Å²) in [6.07, 6.45) is 2.48. The second kappa shape index (κ2) is 9.58. The molecular formula is C24H25N4O4S+. The van der Waals surface area contributed by atoms with Gasteiger partial charge >= 0.3 is 17.2 Å². The Hall–Kier alpha value is -3.46. The number of aromatic nitrogens is 3. The van der Waals surface area contributed by atoms with E-state index in [1.807, 2.05) is 12.1 Å². The van der Waals surface area contributed by atoms with Gasteiger partial charge in [-0.05, 0) is 47.5 Å². The molecule has 2 aromatic carbocycles. The number of H-pyrrole nitrogens is 1. The number of para-hydroxylation sites is 1. The highest BCUT2D eigenvalue weighted by Gasteiger charge is 2.44. The van der Waals surface area contributed by atoms with Crippen LogP contribution in [0, 0.1) is 0 Å². The number of rotatable bonds is 7. The second-order valence-corrected chi connectivity index (χ2v) is 8.90. The number of nitrogens with zero attached hydrogens (tertiary/aromatic N) is 3. The first-order valence-corrected chi connectivity index (χ1v) is 11.8. The molecule has 4 rings (SSSR count). The van der Waals surface area contributed by atoms with Crippen LogP contribution in [-0.4, -0.2) is 32.8 Å². The molecule has 9 heteroatoms. The summed E-state index contributed by atoms with van der Waals surface area (Å²) in [6, 6.07) is 13.5. The van der Waals surface area contributed by atoms with E-state index in [4.69, 9.17) is 5.10 Å². The highest BCUT2D eigenvalue weighted by molar-refractivity contribution is 7.99. The maximum absolute atomic E-state index is 13.2. The van der Waals surface area contributed by atoms with Crippen molar-refractivity contribution in [3.8, 4) is 11.3 Å². The number of thioether (sulfide) groups is 1. The molecule has 1 unspecified atom stereocenters. The summed E-state index contributed by atoms with van der Waals surface area (Å²) >= 11 is 1.47. The maximum Gasteiger partial charge on any atom is 0.335 e. The van der Waals surface area contributed by atoms with Crippen molar-refractivity contribution in [2.45, 2.75) is 44.4 Å². The number of hydrogen-bond donors (Lipinski definition) is 2. The fourth-order valence-corrected chi connectivity index (χ4v) is 4.85. The molecule has 8 nitrogen and oxygen atoms in total. The number of carbonyl (C=O) groups is 2. The molecule has 0 saturated carbocycles. The smallest absolute Gasteiger partial charge is 0.335 e. The summed E-state index contributed by atoms with van der Waals surface area (Å²) in [6.45, 7) is 3.60. The number of aromatic amines is 1. The first-order chi connectivity index (χ1) is 15.9. The van der Waals surface area contributed by atoms with Crippen LogP contribution in [0.3, 0.4) is 0 Å². The van der Waals surface area contributed by atoms with Crippen LogP contribution >= 0.6 is 11.8 Å². The lowest BCUT2D eigenvalue weighted by atomic mass is 10.0. The van der Waals surface area contributed by atoms with Crippen LogP contribution < -0.4 is 15.1 Å². The number of unbranched alkanes of at least 4 members (excludes halogenated alkanes) is 2. The van der Waals surface area contributed by atoms with Gasteiger partial charge in [-0.1, -0.05) is 43.7 Å². The van der Waals surface area contributed by atoms with E-state index in [0.29, 0.717) is 27.7 Å². The van der Waals surface area contributed by atoms with Crippen LogP contribution in [-0.2, 0) is 4.79 Å². The number of fused-ring (bicyclic) bond motifs is 3. The molecule has 0 fully saturated rings. The number of carboxylic acids is 1. The van der Waals surface area contributed by atoms with E-state index in [2.05, 4.69) is 11.9 Å². The van der Waals surface area contributed by atoms with Crippen molar-refractivity contribution in [2.24, 2.45) is 0 Å². The van der Waals surface area contributed by atoms with Gasteiger partial charge in [-0.15, -0.1) is 0 Å². The minimum Gasteiger partial charge on any atom is -0.478 e. The predicted molar refractivity (Wildman–Crippen MR) is 125 cm³/mol. The van der Waals surface area contributed by atoms with Gasteiger partial charge in [0, 0.05) is 23.3 Å². The Morgan fingerprint density at radius 1 is 1.15 bits per heavy atom. The highest BCUT2D eigenvalue weighted by Crippen LogP contribution is 2.37. The standard InChI is InChI=1S/C24H24N4O4S/c1-3-4-7-14-33-24-25-21(30)20-18-8-5-6-9-19(18)27(15(2)29)22(28(20)26-24)16-10-12-17(13-11-16)23(31)32/h5-6,8-13,22H,3-4,7,14H2,1-2H3,(H-,25,26,30,31,32)/p+1. The number of hydrogen-bond acceptors (Lipinski definition) is 5. The van der Waals surface area contributed by atoms with Gasteiger partial charge in [0.1, 0.15) is 0 Å².